The smallest absolute Gasteiger partial charge is 0.232 e. The molecule has 6 nitrogen and oxygen atoms in total. The summed E-state index contributed by atoms with van der Waals surface area (Å²) in [5.41, 5.74) is 3.99. The first-order chi connectivity index (χ1) is 15.9. The Morgan fingerprint density at radius 2 is 1.82 bits per heavy atom. The van der Waals surface area contributed by atoms with Gasteiger partial charge in [0, 0.05) is 28.8 Å². The van der Waals surface area contributed by atoms with E-state index < -0.39 is 0 Å². The monoisotopic (exact) mass is 480 g/mol. The van der Waals surface area contributed by atoms with Crippen LogP contribution in [0.15, 0.2) is 59.3 Å². The highest BCUT2D eigenvalue weighted by molar-refractivity contribution is 7.14. The summed E-state index contributed by atoms with van der Waals surface area (Å²) < 4.78 is 13.4. The van der Waals surface area contributed by atoms with Crippen molar-refractivity contribution in [2.75, 3.05) is 5.32 Å². The highest BCUT2D eigenvalue weighted by Gasteiger charge is 2.13. The summed E-state index contributed by atoms with van der Waals surface area (Å²) in [6.45, 7) is 3.42. The molecular formula is C24H21FN4O2S2. The van der Waals surface area contributed by atoms with Crippen LogP contribution in [0.1, 0.15) is 31.1 Å². The van der Waals surface area contributed by atoms with Gasteiger partial charge < -0.3 is 10.6 Å². The van der Waals surface area contributed by atoms with E-state index in [1.807, 2.05) is 36.6 Å². The van der Waals surface area contributed by atoms with E-state index in [4.69, 9.17) is 0 Å². The minimum absolute atomic E-state index is 0.0747. The van der Waals surface area contributed by atoms with Crippen molar-refractivity contribution in [1.29, 1.82) is 0 Å². The number of nitrogens with one attached hydrogen (secondary N) is 2. The number of benzene rings is 2. The van der Waals surface area contributed by atoms with Crippen LogP contribution in [0.25, 0.3) is 21.8 Å². The fourth-order valence-corrected chi connectivity index (χ4v) is 4.82. The van der Waals surface area contributed by atoms with Crippen molar-refractivity contribution in [3.8, 4) is 21.8 Å². The fraction of sp³-hybridized carbons (Fsp3) is 0.167. The highest BCUT2D eigenvalue weighted by atomic mass is 32.1. The van der Waals surface area contributed by atoms with E-state index in [1.165, 1.54) is 41.7 Å². The number of carbonyl (C=O) groups excluding carboxylic acids is 2. The summed E-state index contributed by atoms with van der Waals surface area (Å²) in [7, 11) is 0. The van der Waals surface area contributed by atoms with Crippen molar-refractivity contribution in [2.45, 2.75) is 26.3 Å². The van der Waals surface area contributed by atoms with Crippen molar-refractivity contribution in [1.82, 2.24) is 15.3 Å². The predicted molar refractivity (Wildman–Crippen MR) is 130 cm³/mol. The molecule has 1 atom stereocenters. The van der Waals surface area contributed by atoms with Crippen LogP contribution >= 0.6 is 22.7 Å². The Bertz CT molecular complexity index is 1280. The van der Waals surface area contributed by atoms with Gasteiger partial charge >= 0.3 is 0 Å². The van der Waals surface area contributed by atoms with Gasteiger partial charge in [-0.3, -0.25) is 9.59 Å². The zero-order chi connectivity index (χ0) is 23.4. The lowest BCUT2D eigenvalue weighted by molar-refractivity contribution is -0.119. The number of hydrogen-bond donors (Lipinski definition) is 2. The second-order valence-electron chi connectivity index (χ2n) is 7.46. The molecule has 4 rings (SSSR count). The summed E-state index contributed by atoms with van der Waals surface area (Å²) >= 11 is 2.72. The second-order valence-corrected chi connectivity index (χ2v) is 9.18. The van der Waals surface area contributed by atoms with Crippen LogP contribution in [0.4, 0.5) is 9.52 Å². The Hall–Kier alpha value is -3.43. The quantitative estimate of drug-likeness (QED) is 0.368. The van der Waals surface area contributed by atoms with Crippen LogP contribution in [-0.2, 0) is 16.0 Å². The number of carbonyl (C=O) groups is 2. The first-order valence-electron chi connectivity index (χ1n) is 10.2. The van der Waals surface area contributed by atoms with E-state index in [2.05, 4.69) is 20.6 Å². The lowest BCUT2D eigenvalue weighted by atomic mass is 10.1. The molecule has 2 aromatic heterocycles. The maximum Gasteiger partial charge on any atom is 0.232 e. The predicted octanol–water partition coefficient (Wildman–Crippen LogP) is 5.45. The van der Waals surface area contributed by atoms with Gasteiger partial charge in [0.15, 0.2) is 5.13 Å². The topological polar surface area (TPSA) is 84.0 Å². The zero-order valence-corrected chi connectivity index (χ0v) is 19.6. The molecule has 0 saturated carbocycles. The summed E-state index contributed by atoms with van der Waals surface area (Å²) in [5.74, 6) is -0.612. The lowest BCUT2D eigenvalue weighted by Gasteiger charge is -2.12. The SMILES string of the molecule is CC(=O)NC(C)c1ccc(-c2csc(NC(=O)Cc3csc(-c4cccc(F)c4)n3)n2)cc1. The van der Waals surface area contributed by atoms with E-state index >= 15 is 0 Å². The van der Waals surface area contributed by atoms with E-state index in [-0.39, 0.29) is 30.1 Å². The second kappa shape index (κ2) is 10.0. The average molecular weight is 481 g/mol. The van der Waals surface area contributed by atoms with Gasteiger partial charge in [-0.1, -0.05) is 36.4 Å². The first kappa shape index (κ1) is 22.8. The molecule has 0 bridgehead atoms. The van der Waals surface area contributed by atoms with Gasteiger partial charge in [-0.25, -0.2) is 14.4 Å². The number of amides is 2. The van der Waals surface area contributed by atoms with Gasteiger partial charge in [-0.05, 0) is 24.6 Å². The summed E-state index contributed by atoms with van der Waals surface area (Å²) in [6, 6.07) is 13.9. The van der Waals surface area contributed by atoms with Crippen molar-refractivity contribution < 1.29 is 14.0 Å². The Balaban J connectivity index is 1.37. The Labute approximate surface area is 198 Å². The molecule has 0 aliphatic carbocycles. The lowest BCUT2D eigenvalue weighted by Crippen LogP contribution is -2.23. The fourth-order valence-electron chi connectivity index (χ4n) is 3.26. The minimum atomic E-state index is -0.321. The summed E-state index contributed by atoms with van der Waals surface area (Å²) in [4.78, 5) is 32.6. The molecular weight excluding hydrogens is 459 g/mol. The van der Waals surface area contributed by atoms with Crippen molar-refractivity contribution in [2.24, 2.45) is 0 Å². The number of anilines is 1. The highest BCUT2D eigenvalue weighted by Crippen LogP contribution is 2.27. The van der Waals surface area contributed by atoms with E-state index in [9.17, 15) is 14.0 Å². The number of halogens is 1. The summed E-state index contributed by atoms with van der Waals surface area (Å²) in [6.07, 6.45) is 0.108. The molecule has 2 amide bonds. The number of aromatic nitrogens is 2. The number of thiazole rings is 2. The Kier molecular flexibility index (Phi) is 6.90. The van der Waals surface area contributed by atoms with E-state index in [0.29, 0.717) is 21.4 Å². The third-order valence-electron chi connectivity index (χ3n) is 4.84. The van der Waals surface area contributed by atoms with Gasteiger partial charge in [0.05, 0.1) is 23.9 Å². The van der Waals surface area contributed by atoms with E-state index in [0.717, 1.165) is 16.8 Å². The van der Waals surface area contributed by atoms with Gasteiger partial charge in [0.25, 0.3) is 0 Å². The van der Waals surface area contributed by atoms with Crippen LogP contribution in [0.3, 0.4) is 0 Å². The third kappa shape index (κ3) is 5.88. The van der Waals surface area contributed by atoms with Gasteiger partial charge in [0.2, 0.25) is 11.8 Å². The van der Waals surface area contributed by atoms with Gasteiger partial charge in [-0.2, -0.15) is 0 Å². The molecule has 4 aromatic rings. The van der Waals surface area contributed by atoms with Crippen LogP contribution < -0.4 is 10.6 Å². The van der Waals surface area contributed by atoms with Crippen molar-refractivity contribution >= 4 is 39.6 Å². The normalized spacial score (nSPS) is 11.7. The van der Waals surface area contributed by atoms with Crippen LogP contribution in [0.5, 0.6) is 0 Å². The largest absolute Gasteiger partial charge is 0.350 e. The van der Waals surface area contributed by atoms with Crippen LogP contribution in [0.2, 0.25) is 0 Å². The number of rotatable bonds is 7. The molecule has 33 heavy (non-hydrogen) atoms. The zero-order valence-electron chi connectivity index (χ0n) is 18.0. The van der Waals surface area contributed by atoms with Crippen LogP contribution in [-0.4, -0.2) is 21.8 Å². The molecule has 9 heteroatoms. The molecule has 2 N–H and O–H groups in total. The maximum absolute atomic E-state index is 13.4. The van der Waals surface area contributed by atoms with Crippen LogP contribution in [0, 0.1) is 5.82 Å². The molecule has 0 fully saturated rings. The standard InChI is InChI=1S/C24H21FN4O2S2/c1-14(26-15(2)30)16-6-8-17(9-7-16)21-13-33-24(28-21)29-22(31)11-20-12-32-23(27-20)18-4-3-5-19(25)10-18/h3-10,12-14H,11H2,1-2H3,(H,26,30)(H,28,29,31). The average Bonchev–Trinajstić information content (AvgIpc) is 3.43. The van der Waals surface area contributed by atoms with Gasteiger partial charge in [-0.15, -0.1) is 22.7 Å². The molecule has 0 saturated heterocycles. The summed E-state index contributed by atoms with van der Waals surface area (Å²) in [5, 5.41) is 10.5. The van der Waals surface area contributed by atoms with Crippen molar-refractivity contribution in [3.63, 3.8) is 0 Å². The molecule has 2 heterocycles. The Morgan fingerprint density at radius 3 is 2.55 bits per heavy atom. The first-order valence-corrected chi connectivity index (χ1v) is 12.0. The molecule has 2 aromatic carbocycles. The Morgan fingerprint density at radius 1 is 1.03 bits per heavy atom. The minimum Gasteiger partial charge on any atom is -0.350 e. The molecule has 0 aliphatic heterocycles. The molecule has 0 radical (unpaired) electrons. The van der Waals surface area contributed by atoms with E-state index in [1.54, 1.807) is 17.5 Å². The van der Waals surface area contributed by atoms with Gasteiger partial charge in [0.1, 0.15) is 10.8 Å². The molecule has 0 spiro atoms. The molecule has 168 valence electrons. The maximum atomic E-state index is 13.4. The molecule has 1 unspecified atom stereocenters. The third-order valence-corrected chi connectivity index (χ3v) is 6.54. The number of nitrogens with zero attached hydrogens (tertiary/aromatic N) is 2. The number of hydrogen-bond acceptors (Lipinski definition) is 6. The van der Waals surface area contributed by atoms with Crippen molar-refractivity contribution in [3.05, 3.63) is 76.4 Å². The molecule has 0 aliphatic rings.